The van der Waals surface area contributed by atoms with Crippen molar-refractivity contribution in [3.05, 3.63) is 53.6 Å². The third-order valence-electron chi connectivity index (χ3n) is 5.46. The zero-order valence-corrected chi connectivity index (χ0v) is 16.4. The number of allylic oxidation sites excluding steroid dienone is 1. The second-order valence-electron chi connectivity index (χ2n) is 7.60. The molecule has 4 heteroatoms. The minimum atomic E-state index is 0.170. The van der Waals surface area contributed by atoms with Gasteiger partial charge in [-0.2, -0.15) is 0 Å². The molecular formula is C23H33N3O. The minimum absolute atomic E-state index is 0.170. The van der Waals surface area contributed by atoms with Crippen molar-refractivity contribution >= 4 is 12.0 Å². The topological polar surface area (TPSA) is 35.6 Å². The van der Waals surface area contributed by atoms with E-state index in [-0.39, 0.29) is 5.91 Å². The highest BCUT2D eigenvalue weighted by Crippen LogP contribution is 2.19. The first-order valence-electron chi connectivity index (χ1n) is 10.4. The first-order valence-corrected chi connectivity index (χ1v) is 10.4. The monoisotopic (exact) mass is 367 g/mol. The number of amides is 1. The summed E-state index contributed by atoms with van der Waals surface area (Å²) in [6.45, 7) is 6.29. The zero-order valence-electron chi connectivity index (χ0n) is 16.4. The predicted molar refractivity (Wildman–Crippen MR) is 113 cm³/mol. The Kier molecular flexibility index (Phi) is 8.12. The number of nitrogens with one attached hydrogen (secondary N) is 1. The summed E-state index contributed by atoms with van der Waals surface area (Å²) in [7, 11) is 0. The van der Waals surface area contributed by atoms with Crippen molar-refractivity contribution in [2.45, 2.75) is 32.1 Å². The van der Waals surface area contributed by atoms with Crippen LogP contribution in [0.5, 0.6) is 0 Å². The Morgan fingerprint density at radius 3 is 2.56 bits per heavy atom. The largest absolute Gasteiger partial charge is 0.355 e. The summed E-state index contributed by atoms with van der Waals surface area (Å²) in [6, 6.07) is 10.4. The van der Waals surface area contributed by atoms with Crippen molar-refractivity contribution in [2.75, 3.05) is 45.8 Å². The van der Waals surface area contributed by atoms with Crippen molar-refractivity contribution in [2.24, 2.45) is 0 Å². The van der Waals surface area contributed by atoms with Gasteiger partial charge in [-0.15, -0.1) is 0 Å². The van der Waals surface area contributed by atoms with Gasteiger partial charge in [0, 0.05) is 39.3 Å². The van der Waals surface area contributed by atoms with Gasteiger partial charge in [0.1, 0.15) is 0 Å². The fourth-order valence-corrected chi connectivity index (χ4v) is 3.79. The number of rotatable bonds is 8. The fourth-order valence-electron chi connectivity index (χ4n) is 3.79. The summed E-state index contributed by atoms with van der Waals surface area (Å²) in [5.74, 6) is 0.170. The van der Waals surface area contributed by atoms with Gasteiger partial charge in [0.25, 0.3) is 0 Å². The second kappa shape index (κ2) is 11.1. The fraction of sp³-hybridized carbons (Fsp3) is 0.522. The van der Waals surface area contributed by atoms with Crippen LogP contribution in [-0.2, 0) is 4.79 Å². The van der Waals surface area contributed by atoms with E-state index >= 15 is 0 Å². The van der Waals surface area contributed by atoms with Crippen LogP contribution in [0.15, 0.2) is 48.1 Å². The van der Waals surface area contributed by atoms with Gasteiger partial charge in [-0.3, -0.25) is 14.6 Å². The molecule has 0 bridgehead atoms. The van der Waals surface area contributed by atoms with E-state index in [1.165, 1.54) is 36.8 Å². The van der Waals surface area contributed by atoms with E-state index < -0.39 is 0 Å². The van der Waals surface area contributed by atoms with E-state index in [4.69, 9.17) is 0 Å². The number of piperazine rings is 1. The van der Waals surface area contributed by atoms with Crippen LogP contribution in [-0.4, -0.2) is 61.5 Å². The van der Waals surface area contributed by atoms with Crippen LogP contribution in [0.25, 0.3) is 6.08 Å². The Bertz CT molecular complexity index is 630. The molecule has 1 fully saturated rings. The number of benzene rings is 1. The number of carbonyl (C=O) groups is 1. The molecule has 2 aliphatic rings. The Morgan fingerprint density at radius 1 is 1.04 bits per heavy atom. The average molecular weight is 368 g/mol. The number of hydrogen-bond acceptors (Lipinski definition) is 3. The second-order valence-corrected chi connectivity index (χ2v) is 7.60. The molecule has 4 nitrogen and oxygen atoms in total. The van der Waals surface area contributed by atoms with Crippen LogP contribution in [0.1, 0.15) is 37.7 Å². The van der Waals surface area contributed by atoms with Crippen molar-refractivity contribution in [1.29, 1.82) is 0 Å². The molecule has 1 aromatic carbocycles. The van der Waals surface area contributed by atoms with Gasteiger partial charge >= 0.3 is 0 Å². The molecule has 0 spiro atoms. The van der Waals surface area contributed by atoms with Crippen LogP contribution in [0.3, 0.4) is 0 Å². The van der Waals surface area contributed by atoms with Crippen LogP contribution < -0.4 is 5.32 Å². The molecule has 1 aromatic rings. The first-order chi connectivity index (χ1) is 13.3. The average Bonchev–Trinajstić information content (AvgIpc) is 2.71. The molecule has 0 saturated carbocycles. The first kappa shape index (κ1) is 19.8. The van der Waals surface area contributed by atoms with Gasteiger partial charge in [0.2, 0.25) is 5.91 Å². The molecule has 1 aliphatic heterocycles. The van der Waals surface area contributed by atoms with Crippen LogP contribution in [0.4, 0.5) is 0 Å². The highest BCUT2D eigenvalue weighted by molar-refractivity contribution is 5.78. The van der Waals surface area contributed by atoms with E-state index in [0.717, 1.165) is 45.7 Å². The molecule has 3 rings (SSSR count). The number of carbonyl (C=O) groups excluding carboxylic acids is 1. The summed E-state index contributed by atoms with van der Waals surface area (Å²) >= 11 is 0. The lowest BCUT2D eigenvalue weighted by Crippen LogP contribution is -2.49. The van der Waals surface area contributed by atoms with Crippen molar-refractivity contribution < 1.29 is 4.79 Å². The lowest BCUT2D eigenvalue weighted by molar-refractivity contribution is -0.122. The molecule has 27 heavy (non-hydrogen) atoms. The number of hydrogen-bond donors (Lipinski definition) is 1. The Balaban J connectivity index is 1.28. The maximum atomic E-state index is 12.2. The molecule has 0 aromatic heterocycles. The molecule has 146 valence electrons. The van der Waals surface area contributed by atoms with E-state index in [0.29, 0.717) is 6.54 Å². The van der Waals surface area contributed by atoms with E-state index in [2.05, 4.69) is 57.6 Å². The van der Waals surface area contributed by atoms with Crippen LogP contribution >= 0.6 is 0 Å². The normalized spacial score (nSPS) is 19.2. The molecule has 1 aliphatic carbocycles. The van der Waals surface area contributed by atoms with Crippen molar-refractivity contribution in [3.63, 3.8) is 0 Å². The van der Waals surface area contributed by atoms with Gasteiger partial charge in [-0.1, -0.05) is 54.1 Å². The van der Waals surface area contributed by atoms with E-state index in [1.807, 2.05) is 6.07 Å². The van der Waals surface area contributed by atoms with Gasteiger partial charge in [0.05, 0.1) is 6.54 Å². The molecule has 1 amide bonds. The molecule has 0 atom stereocenters. The summed E-state index contributed by atoms with van der Waals surface area (Å²) in [5, 5.41) is 3.09. The highest BCUT2D eigenvalue weighted by atomic mass is 16.2. The molecule has 1 N–H and O–H groups in total. The van der Waals surface area contributed by atoms with Gasteiger partial charge in [-0.25, -0.2) is 0 Å². The minimum Gasteiger partial charge on any atom is -0.355 e. The summed E-state index contributed by atoms with van der Waals surface area (Å²) < 4.78 is 0. The molecule has 0 radical (unpaired) electrons. The van der Waals surface area contributed by atoms with Crippen molar-refractivity contribution in [1.82, 2.24) is 15.1 Å². The molecule has 0 unspecified atom stereocenters. The molecule has 1 heterocycles. The van der Waals surface area contributed by atoms with Gasteiger partial charge in [0.15, 0.2) is 0 Å². The zero-order chi connectivity index (χ0) is 18.7. The van der Waals surface area contributed by atoms with Gasteiger partial charge < -0.3 is 5.32 Å². The van der Waals surface area contributed by atoms with Gasteiger partial charge in [-0.05, 0) is 37.7 Å². The lowest BCUT2D eigenvalue weighted by atomic mass is 9.97. The van der Waals surface area contributed by atoms with E-state index in [9.17, 15) is 4.79 Å². The lowest BCUT2D eigenvalue weighted by Gasteiger charge is -2.33. The smallest absolute Gasteiger partial charge is 0.234 e. The molecule has 1 saturated heterocycles. The molecular weight excluding hydrogens is 334 g/mol. The summed E-state index contributed by atoms with van der Waals surface area (Å²) in [5.41, 5.74) is 2.77. The highest BCUT2D eigenvalue weighted by Gasteiger charge is 2.18. The SMILES string of the molecule is O=C(CN1CCN(C/C=C/c2ccccc2)CC1)NCCC1=CCCCC1. The quantitative estimate of drug-likeness (QED) is 0.716. The maximum absolute atomic E-state index is 12.2. The Morgan fingerprint density at radius 2 is 1.81 bits per heavy atom. The van der Waals surface area contributed by atoms with Crippen LogP contribution in [0, 0.1) is 0 Å². The Labute approximate surface area is 163 Å². The predicted octanol–water partition coefficient (Wildman–Crippen LogP) is 3.32. The Hall–Kier alpha value is -1.91. The maximum Gasteiger partial charge on any atom is 0.234 e. The van der Waals surface area contributed by atoms with Crippen molar-refractivity contribution in [3.8, 4) is 0 Å². The van der Waals surface area contributed by atoms with Crippen LogP contribution in [0.2, 0.25) is 0 Å². The standard InChI is InChI=1S/C23H33N3O/c27-23(24-14-13-22-10-5-2-6-11-22)20-26-18-16-25(17-19-26)15-7-12-21-8-3-1-4-9-21/h1,3-4,7-10,12H,2,5-6,11,13-20H2,(H,24,27)/b12-7+. The summed E-state index contributed by atoms with van der Waals surface area (Å²) in [6.07, 6.45) is 12.9. The summed E-state index contributed by atoms with van der Waals surface area (Å²) in [4.78, 5) is 16.9. The third-order valence-corrected chi connectivity index (χ3v) is 5.46. The number of nitrogens with zero attached hydrogens (tertiary/aromatic N) is 2. The third kappa shape index (κ3) is 7.31. The van der Waals surface area contributed by atoms with E-state index in [1.54, 1.807) is 0 Å².